The molecule has 11 nitrogen and oxygen atoms in total. The van der Waals surface area contributed by atoms with Gasteiger partial charge in [-0.25, -0.2) is 9.71 Å². The number of carbonyl (C=O) groups is 1. The molecule has 0 bridgehead atoms. The van der Waals surface area contributed by atoms with E-state index in [1.807, 2.05) is 45.9 Å². The summed E-state index contributed by atoms with van der Waals surface area (Å²) in [4.78, 5) is 22.8. The van der Waals surface area contributed by atoms with Crippen LogP contribution in [0.3, 0.4) is 0 Å². The van der Waals surface area contributed by atoms with Gasteiger partial charge in [0.1, 0.15) is 12.3 Å². The normalized spacial score (nSPS) is 19.9. The number of hydrogen-bond donors (Lipinski definition) is 2. The molecular weight excluding hydrogens is 629 g/mol. The minimum Gasteiger partial charge on any atom is -0.476 e. The molecule has 2 heterocycles. The van der Waals surface area contributed by atoms with Crippen LogP contribution in [0, 0.1) is 30.6 Å². The molecule has 1 fully saturated rings. The molecule has 2 atom stereocenters. The van der Waals surface area contributed by atoms with Crippen LogP contribution in [0.1, 0.15) is 95.8 Å². The number of ether oxygens (including phenoxy) is 1. The fraction of sp³-hybridized carbons (Fsp3) is 0.611. The predicted molar refractivity (Wildman–Crippen MR) is 189 cm³/mol. The van der Waals surface area contributed by atoms with Crippen molar-refractivity contribution in [2.45, 2.75) is 111 Å². The van der Waals surface area contributed by atoms with Gasteiger partial charge in [0.2, 0.25) is 11.8 Å². The Hall–Kier alpha value is -3.35. The maximum absolute atomic E-state index is 13.3. The number of anilines is 1. The summed E-state index contributed by atoms with van der Waals surface area (Å²) in [7, 11) is -0.575. The number of likely N-dealkylation sites (N-methyl/N-ethyl adjacent to an activating group) is 1. The highest BCUT2D eigenvalue weighted by atomic mass is 32.2. The van der Waals surface area contributed by atoms with Gasteiger partial charge >= 0.3 is 0 Å². The monoisotopic (exact) mass is 682 g/mol. The predicted octanol–water partition coefficient (Wildman–Crippen LogP) is 6.19. The molecule has 48 heavy (non-hydrogen) atoms. The first kappa shape index (κ1) is 37.5. The maximum atomic E-state index is 13.3. The largest absolute Gasteiger partial charge is 0.476 e. The van der Waals surface area contributed by atoms with E-state index in [4.69, 9.17) is 4.74 Å². The van der Waals surface area contributed by atoms with E-state index in [1.54, 1.807) is 6.07 Å². The van der Waals surface area contributed by atoms with Crippen LogP contribution >= 0.6 is 0 Å². The number of nitrogens with zero attached hydrogens (tertiary/aromatic N) is 5. The van der Waals surface area contributed by atoms with E-state index < -0.39 is 15.6 Å². The van der Waals surface area contributed by atoms with Crippen LogP contribution in [0.5, 0.6) is 5.88 Å². The summed E-state index contributed by atoms with van der Waals surface area (Å²) in [6.07, 6.45) is 4.42. The second-order valence-corrected chi connectivity index (χ2v) is 17.6. The first-order valence-corrected chi connectivity index (χ1v) is 18.1. The molecule has 0 aliphatic heterocycles. The third kappa shape index (κ3) is 9.00. The van der Waals surface area contributed by atoms with Crippen LogP contribution in [0.4, 0.5) is 5.95 Å². The second kappa shape index (κ2) is 13.9. The smallest absolute Gasteiger partial charge is 0.283 e. The van der Waals surface area contributed by atoms with Crippen molar-refractivity contribution in [3.8, 4) is 17.1 Å². The number of nitrogens with one attached hydrogen (secondary N) is 1. The van der Waals surface area contributed by atoms with E-state index in [-0.39, 0.29) is 45.5 Å². The van der Waals surface area contributed by atoms with Gasteiger partial charge < -0.3 is 9.84 Å². The van der Waals surface area contributed by atoms with Gasteiger partial charge in [0.25, 0.3) is 10.0 Å². The Morgan fingerprint density at radius 3 is 2.31 bits per heavy atom. The molecule has 0 spiro atoms. The number of hydrogen-bond acceptors (Lipinski definition) is 9. The third-order valence-corrected chi connectivity index (χ3v) is 11.0. The Balaban J connectivity index is 1.62. The number of aldehydes is 1. The van der Waals surface area contributed by atoms with Crippen molar-refractivity contribution in [3.63, 3.8) is 0 Å². The molecular formula is C36H54N6O5S. The summed E-state index contributed by atoms with van der Waals surface area (Å²) in [6, 6.07) is 9.18. The van der Waals surface area contributed by atoms with E-state index >= 15 is 0 Å². The van der Waals surface area contributed by atoms with Crippen LogP contribution in [-0.2, 0) is 17.1 Å². The van der Waals surface area contributed by atoms with Crippen LogP contribution in [0.25, 0.3) is 11.3 Å². The zero-order valence-electron chi connectivity index (χ0n) is 30.5. The van der Waals surface area contributed by atoms with Gasteiger partial charge in [0.15, 0.2) is 11.3 Å². The minimum absolute atomic E-state index is 0.0212. The lowest BCUT2D eigenvalue weighted by atomic mass is 9.56. The van der Waals surface area contributed by atoms with Crippen molar-refractivity contribution < 1.29 is 23.1 Å². The van der Waals surface area contributed by atoms with Crippen molar-refractivity contribution in [3.05, 3.63) is 47.2 Å². The number of rotatable bonds is 14. The summed E-state index contributed by atoms with van der Waals surface area (Å²) >= 11 is 0. The van der Waals surface area contributed by atoms with Crippen LogP contribution in [0.15, 0.2) is 35.4 Å². The van der Waals surface area contributed by atoms with Crippen LogP contribution < -0.4 is 9.46 Å². The number of sulfonamides is 1. The van der Waals surface area contributed by atoms with E-state index in [9.17, 15) is 18.3 Å². The highest BCUT2D eigenvalue weighted by Crippen LogP contribution is 2.53. The first-order chi connectivity index (χ1) is 22.1. The van der Waals surface area contributed by atoms with Crippen LogP contribution in [-0.4, -0.2) is 75.8 Å². The summed E-state index contributed by atoms with van der Waals surface area (Å²) in [6.45, 7) is 19.3. The van der Waals surface area contributed by atoms with E-state index in [0.717, 1.165) is 42.4 Å². The van der Waals surface area contributed by atoms with E-state index in [2.05, 4.69) is 66.4 Å². The molecule has 0 amide bonds. The fourth-order valence-electron chi connectivity index (χ4n) is 6.98. The lowest BCUT2D eigenvalue weighted by Gasteiger charge is -2.52. The molecule has 1 aromatic carbocycles. The fourth-order valence-corrected chi connectivity index (χ4v) is 7.92. The Kier molecular flexibility index (Phi) is 10.8. The molecule has 1 unspecified atom stereocenters. The molecule has 264 valence electrons. The minimum atomic E-state index is -4.21. The summed E-state index contributed by atoms with van der Waals surface area (Å²) < 4.78 is 36.8. The number of aromatic nitrogens is 4. The third-order valence-electron chi connectivity index (χ3n) is 9.76. The highest BCUT2D eigenvalue weighted by Gasteiger charge is 2.47. The molecule has 2 aromatic heterocycles. The molecule has 12 heteroatoms. The quantitative estimate of drug-likeness (QED) is 0.191. The highest BCUT2D eigenvalue weighted by molar-refractivity contribution is 7.92. The average molecular weight is 683 g/mol. The SMILES string of the molecule is Cc1cccc(C)c1-c1cc(OC[C@@H](CC(C)(C)C)N(C)C(C)CC2(C)CC(C(C)(C)O)C2)nc(NS(=O)(=O)c2cc(C=O)n(C)n2)n1. The molecule has 1 aliphatic carbocycles. The Labute approximate surface area is 286 Å². The van der Waals surface area contributed by atoms with Gasteiger partial charge in [0, 0.05) is 36.8 Å². The molecule has 0 saturated heterocycles. The number of aliphatic hydroxyl groups is 1. The number of benzene rings is 1. The Morgan fingerprint density at radius 1 is 1.15 bits per heavy atom. The van der Waals surface area contributed by atoms with Gasteiger partial charge in [0.05, 0.1) is 11.3 Å². The summed E-state index contributed by atoms with van der Waals surface area (Å²) in [5.74, 6) is 0.402. The van der Waals surface area contributed by atoms with E-state index in [1.165, 1.54) is 17.8 Å². The summed E-state index contributed by atoms with van der Waals surface area (Å²) in [5, 5.41) is 14.2. The second-order valence-electron chi connectivity index (χ2n) is 16.0. The van der Waals surface area contributed by atoms with Gasteiger partial charge in [-0.2, -0.15) is 18.5 Å². The van der Waals surface area contributed by atoms with Gasteiger partial charge in [-0.3, -0.25) is 14.4 Å². The molecule has 3 aromatic rings. The lowest BCUT2D eigenvalue weighted by molar-refractivity contribution is -0.0894. The first-order valence-electron chi connectivity index (χ1n) is 16.7. The molecule has 1 saturated carbocycles. The van der Waals surface area contributed by atoms with Crippen molar-refractivity contribution >= 4 is 22.3 Å². The van der Waals surface area contributed by atoms with Crippen molar-refractivity contribution in [1.29, 1.82) is 0 Å². The standard InChI is InChI=1S/C36H54N6O5S/c1-23-13-12-14-24(2)32(23)29-16-30(38-33(37-29)40-48(45,46)31-15-27(21-43)42(11)39-31)47-22-28(20-34(4,5)6)41(10)25(3)17-36(9)18-26(19-36)35(7,8)44/h12-16,21,25-26,28,44H,17-20,22H2,1-11H3,(H,37,38,40)/t25?,26?,28-,36?/m1/s1. The number of carbonyl (C=O) groups excluding carboxylic acids is 1. The zero-order valence-corrected chi connectivity index (χ0v) is 31.3. The molecule has 1 aliphatic rings. The van der Waals surface area contributed by atoms with E-state index in [0.29, 0.717) is 24.5 Å². The molecule has 2 N–H and O–H groups in total. The maximum Gasteiger partial charge on any atom is 0.283 e. The zero-order chi connectivity index (χ0) is 35.8. The number of aryl methyl sites for hydroxylation is 3. The van der Waals surface area contributed by atoms with Gasteiger partial charge in [-0.15, -0.1) is 0 Å². The Morgan fingerprint density at radius 2 is 1.77 bits per heavy atom. The Bertz CT molecular complexity index is 1700. The topological polar surface area (TPSA) is 140 Å². The molecule has 4 rings (SSSR count). The van der Waals surface area contributed by atoms with Crippen molar-refractivity contribution in [2.75, 3.05) is 18.4 Å². The van der Waals surface area contributed by atoms with Crippen LogP contribution in [0.2, 0.25) is 0 Å². The van der Waals surface area contributed by atoms with Gasteiger partial charge in [-0.1, -0.05) is 45.9 Å². The van der Waals surface area contributed by atoms with Gasteiger partial charge in [-0.05, 0) is 95.2 Å². The lowest BCUT2D eigenvalue weighted by Crippen LogP contribution is -2.50. The summed E-state index contributed by atoms with van der Waals surface area (Å²) in [5.41, 5.74) is 2.99. The molecule has 0 radical (unpaired) electrons. The van der Waals surface area contributed by atoms with Crippen molar-refractivity contribution in [2.24, 2.45) is 23.8 Å². The average Bonchev–Trinajstić information content (AvgIpc) is 3.33. The van der Waals surface area contributed by atoms with Crippen molar-refractivity contribution in [1.82, 2.24) is 24.6 Å².